The lowest BCUT2D eigenvalue weighted by atomic mass is 9.44. The van der Waals surface area contributed by atoms with E-state index >= 15 is 0 Å². The number of rotatable bonds is 5. The van der Waals surface area contributed by atoms with Crippen molar-refractivity contribution in [1.82, 2.24) is 0 Å². The van der Waals surface area contributed by atoms with E-state index in [9.17, 15) is 4.79 Å². The minimum Gasteiger partial charge on any atom is -0.299 e. The Morgan fingerprint density at radius 1 is 1.00 bits per heavy atom. The zero-order chi connectivity index (χ0) is 23.4. The molecule has 182 valence electrons. The van der Waals surface area contributed by atoms with Gasteiger partial charge in [0.15, 0.2) is 0 Å². The quantitative estimate of drug-likeness (QED) is 0.239. The first-order valence-electron chi connectivity index (χ1n) is 13.5. The van der Waals surface area contributed by atoms with E-state index in [1.54, 1.807) is 0 Å². The molecule has 0 bridgehead atoms. The van der Waals surface area contributed by atoms with E-state index in [4.69, 9.17) is 0 Å². The molecule has 3 heteroatoms. The second kappa shape index (κ2) is 9.44. The first-order valence-corrected chi connectivity index (χ1v) is 15.3. The first-order chi connectivity index (χ1) is 15.0. The first kappa shape index (κ1) is 25.5. The van der Waals surface area contributed by atoms with Crippen LogP contribution >= 0.6 is 31.9 Å². The van der Waals surface area contributed by atoms with Gasteiger partial charge in [-0.2, -0.15) is 0 Å². The van der Waals surface area contributed by atoms with Crippen LogP contribution in [0.4, 0.5) is 0 Å². The molecule has 4 aliphatic rings. The number of ketones is 1. The van der Waals surface area contributed by atoms with Gasteiger partial charge >= 0.3 is 0 Å². The molecule has 4 saturated carbocycles. The van der Waals surface area contributed by atoms with E-state index in [-0.39, 0.29) is 11.3 Å². The van der Waals surface area contributed by atoms with Crippen molar-refractivity contribution in [3.63, 3.8) is 0 Å². The van der Waals surface area contributed by atoms with Gasteiger partial charge in [0, 0.05) is 22.0 Å². The molecule has 4 fully saturated rings. The molecular formula is C29H46Br2O. The molecule has 0 spiro atoms. The number of hydrogen-bond acceptors (Lipinski definition) is 1. The largest absolute Gasteiger partial charge is 0.299 e. The maximum atomic E-state index is 13.5. The Morgan fingerprint density at radius 2 is 1.69 bits per heavy atom. The predicted octanol–water partition coefficient (Wildman–Crippen LogP) is 8.84. The van der Waals surface area contributed by atoms with E-state index in [1.807, 2.05) is 0 Å². The van der Waals surface area contributed by atoms with Crippen molar-refractivity contribution >= 4 is 37.6 Å². The van der Waals surface area contributed by atoms with Gasteiger partial charge in [-0.1, -0.05) is 85.6 Å². The lowest BCUT2D eigenvalue weighted by Gasteiger charge is -2.61. The number of allylic oxidation sites excluding steroid dienone is 2. The Balaban J connectivity index is 1.55. The Hall–Kier alpha value is 0.370. The molecule has 4 aliphatic carbocycles. The van der Waals surface area contributed by atoms with Crippen LogP contribution in [0.2, 0.25) is 0 Å². The summed E-state index contributed by atoms with van der Waals surface area (Å²) in [6, 6.07) is 0. The van der Waals surface area contributed by atoms with E-state index in [0.717, 1.165) is 42.9 Å². The average Bonchev–Trinajstić information content (AvgIpc) is 3.07. The average molecular weight is 570 g/mol. The lowest BCUT2D eigenvalue weighted by molar-refractivity contribution is -0.153. The second-order valence-electron chi connectivity index (χ2n) is 12.9. The fraction of sp³-hybridized carbons (Fsp3) is 0.897. The Bertz CT molecular complexity index is 731. The van der Waals surface area contributed by atoms with Crippen LogP contribution in [-0.2, 0) is 4.79 Å². The molecule has 4 rings (SSSR count). The molecule has 0 aromatic rings. The van der Waals surface area contributed by atoms with Crippen LogP contribution in [0.15, 0.2) is 12.2 Å². The van der Waals surface area contributed by atoms with E-state index < -0.39 is 0 Å². The molecule has 0 N–H and O–H groups in total. The fourth-order valence-electron chi connectivity index (χ4n) is 9.19. The monoisotopic (exact) mass is 568 g/mol. The number of carbonyl (C=O) groups excluding carboxylic acids is 1. The molecule has 0 aromatic carbocycles. The van der Waals surface area contributed by atoms with Gasteiger partial charge < -0.3 is 0 Å². The van der Waals surface area contributed by atoms with Crippen molar-refractivity contribution in [2.24, 2.45) is 58.2 Å². The minimum atomic E-state index is 0.189. The normalized spacial score (nSPS) is 48.4. The molecule has 0 aromatic heterocycles. The van der Waals surface area contributed by atoms with Crippen LogP contribution in [0.3, 0.4) is 0 Å². The summed E-state index contributed by atoms with van der Waals surface area (Å²) in [5.74, 6) is 5.80. The highest BCUT2D eigenvalue weighted by Gasteiger charge is 2.63. The molecule has 0 heterocycles. The third kappa shape index (κ3) is 4.16. The number of hydrogen-bond donors (Lipinski definition) is 0. The summed E-state index contributed by atoms with van der Waals surface area (Å²) in [4.78, 5) is 14.4. The van der Waals surface area contributed by atoms with Crippen LogP contribution in [-0.4, -0.2) is 15.4 Å². The topological polar surface area (TPSA) is 17.1 Å². The van der Waals surface area contributed by atoms with Crippen molar-refractivity contribution in [3.8, 4) is 0 Å². The van der Waals surface area contributed by atoms with Crippen LogP contribution in [0.1, 0.15) is 92.9 Å². The minimum absolute atomic E-state index is 0.189. The summed E-state index contributed by atoms with van der Waals surface area (Å²) in [6.45, 7) is 14.6. The highest BCUT2D eigenvalue weighted by molar-refractivity contribution is 9.12. The highest BCUT2D eigenvalue weighted by Crippen LogP contribution is 2.68. The van der Waals surface area contributed by atoms with Gasteiger partial charge in [-0.3, -0.25) is 4.79 Å². The Labute approximate surface area is 214 Å². The van der Waals surface area contributed by atoms with Gasteiger partial charge in [0.25, 0.3) is 0 Å². The molecule has 0 radical (unpaired) electrons. The summed E-state index contributed by atoms with van der Waals surface area (Å²) in [7, 11) is 0. The summed E-state index contributed by atoms with van der Waals surface area (Å²) in [6.07, 6.45) is 14.8. The molecule has 0 aliphatic heterocycles. The molecular weight excluding hydrogens is 524 g/mol. The molecule has 32 heavy (non-hydrogen) atoms. The van der Waals surface area contributed by atoms with Crippen LogP contribution in [0, 0.1) is 58.2 Å². The van der Waals surface area contributed by atoms with Gasteiger partial charge in [-0.25, -0.2) is 0 Å². The maximum absolute atomic E-state index is 13.5. The summed E-state index contributed by atoms with van der Waals surface area (Å²) >= 11 is 7.83. The molecule has 0 unspecified atom stereocenters. The number of carbonyl (C=O) groups is 1. The summed E-state index contributed by atoms with van der Waals surface area (Å²) in [5, 5.41) is 0. The van der Waals surface area contributed by atoms with E-state index in [2.05, 4.69) is 85.6 Å². The SMILES string of the molecule is CC[C@H](/C=C/[C@@H](C)[C@H]1CC[C@H]2[C@@H]3CC(=O)[C@H]4C[C@H](Br)[C@@H](Br)C[C@]4(C)[C@H]3CC[C@]12C)C(C)C. The second-order valence-corrected chi connectivity index (χ2v) is 15.2. The zero-order valence-electron chi connectivity index (χ0n) is 21.2. The third-order valence-corrected chi connectivity index (χ3v) is 13.8. The van der Waals surface area contributed by atoms with Crippen LogP contribution < -0.4 is 0 Å². The smallest absolute Gasteiger partial charge is 0.136 e. The maximum Gasteiger partial charge on any atom is 0.136 e. The van der Waals surface area contributed by atoms with Crippen LogP contribution in [0.25, 0.3) is 0 Å². The van der Waals surface area contributed by atoms with Crippen LogP contribution in [0.5, 0.6) is 0 Å². The molecule has 11 atom stereocenters. The standard InChI is InChI=1S/C29H46Br2O/c1-7-19(17(2)3)9-8-18(4)21-10-11-22-20-14-27(32)24-15-25(30)26(31)16-29(24,6)23(20)12-13-28(21,22)5/h8-9,17-26H,7,10-16H2,1-6H3/b9-8+/t18-,19-,20+,21-,22+,23+,24-,25+,26+,28-,29-/m1/s1. The molecule has 1 nitrogen and oxygen atoms in total. The third-order valence-electron chi connectivity index (χ3n) is 11.1. The van der Waals surface area contributed by atoms with E-state index in [0.29, 0.717) is 38.6 Å². The number of fused-ring (bicyclic) bond motifs is 5. The van der Waals surface area contributed by atoms with Crippen molar-refractivity contribution in [3.05, 3.63) is 12.2 Å². The van der Waals surface area contributed by atoms with Gasteiger partial charge in [0.1, 0.15) is 5.78 Å². The Morgan fingerprint density at radius 3 is 2.34 bits per heavy atom. The summed E-state index contributed by atoms with van der Waals surface area (Å²) < 4.78 is 0. The Kier molecular flexibility index (Phi) is 7.51. The van der Waals surface area contributed by atoms with E-state index in [1.165, 1.54) is 32.1 Å². The van der Waals surface area contributed by atoms with Crippen molar-refractivity contribution in [2.45, 2.75) is 103 Å². The predicted molar refractivity (Wildman–Crippen MR) is 143 cm³/mol. The fourth-order valence-corrected chi connectivity index (χ4v) is 10.7. The number of Topliss-reactive ketones (excluding diaryl/α,β-unsaturated/α-hetero) is 1. The number of halogens is 2. The van der Waals surface area contributed by atoms with Gasteiger partial charge in [0.2, 0.25) is 0 Å². The zero-order valence-corrected chi connectivity index (χ0v) is 24.4. The van der Waals surface area contributed by atoms with Gasteiger partial charge in [-0.15, -0.1) is 0 Å². The molecule has 0 amide bonds. The van der Waals surface area contributed by atoms with Gasteiger partial charge in [-0.05, 0) is 97.2 Å². The lowest BCUT2D eigenvalue weighted by Crippen LogP contribution is -2.58. The van der Waals surface area contributed by atoms with Crippen molar-refractivity contribution in [1.29, 1.82) is 0 Å². The summed E-state index contributed by atoms with van der Waals surface area (Å²) in [5.41, 5.74) is 0.601. The van der Waals surface area contributed by atoms with Crippen molar-refractivity contribution in [2.75, 3.05) is 0 Å². The number of alkyl halides is 2. The van der Waals surface area contributed by atoms with Gasteiger partial charge in [0.05, 0.1) is 0 Å². The molecule has 0 saturated heterocycles. The highest BCUT2D eigenvalue weighted by atomic mass is 79.9. The van der Waals surface area contributed by atoms with Crippen molar-refractivity contribution < 1.29 is 4.79 Å².